The van der Waals surface area contributed by atoms with Gasteiger partial charge in [0.05, 0.1) is 24.8 Å². The number of hydrogen-bond acceptors (Lipinski definition) is 4. The SMILES string of the molecule is C[C@@H](N)c1ccc(OCCOCCO)c(Cl)c1. The molecule has 1 aromatic rings. The highest BCUT2D eigenvalue weighted by atomic mass is 35.5. The van der Waals surface area contributed by atoms with Crippen molar-refractivity contribution in [3.05, 3.63) is 28.8 Å². The van der Waals surface area contributed by atoms with Crippen LogP contribution < -0.4 is 10.5 Å². The molecule has 0 aromatic heterocycles. The molecule has 0 fully saturated rings. The Labute approximate surface area is 106 Å². The largest absolute Gasteiger partial charge is 0.490 e. The van der Waals surface area contributed by atoms with E-state index in [1.54, 1.807) is 12.1 Å². The van der Waals surface area contributed by atoms with Gasteiger partial charge in [0.1, 0.15) is 12.4 Å². The molecule has 1 atom stereocenters. The van der Waals surface area contributed by atoms with Gasteiger partial charge in [-0.2, -0.15) is 0 Å². The van der Waals surface area contributed by atoms with Crippen molar-refractivity contribution in [2.24, 2.45) is 5.73 Å². The van der Waals surface area contributed by atoms with Crippen LogP contribution in [0.15, 0.2) is 18.2 Å². The van der Waals surface area contributed by atoms with Gasteiger partial charge in [0.25, 0.3) is 0 Å². The predicted octanol–water partition coefficient (Wildman–Crippen LogP) is 1.75. The zero-order valence-corrected chi connectivity index (χ0v) is 10.6. The van der Waals surface area contributed by atoms with Gasteiger partial charge in [0, 0.05) is 6.04 Å². The molecule has 0 radical (unpaired) electrons. The van der Waals surface area contributed by atoms with Gasteiger partial charge in [0.15, 0.2) is 0 Å². The molecule has 0 aliphatic rings. The first-order chi connectivity index (χ1) is 8.15. The van der Waals surface area contributed by atoms with Gasteiger partial charge in [-0.3, -0.25) is 0 Å². The number of hydrogen-bond donors (Lipinski definition) is 2. The molecular formula is C12H18ClNO3. The van der Waals surface area contributed by atoms with E-state index in [0.717, 1.165) is 5.56 Å². The molecule has 0 saturated carbocycles. The fraction of sp³-hybridized carbons (Fsp3) is 0.500. The Morgan fingerprint density at radius 3 is 2.71 bits per heavy atom. The summed E-state index contributed by atoms with van der Waals surface area (Å²) < 4.78 is 10.5. The van der Waals surface area contributed by atoms with Crippen molar-refractivity contribution in [1.29, 1.82) is 0 Å². The summed E-state index contributed by atoms with van der Waals surface area (Å²) in [4.78, 5) is 0. The highest BCUT2D eigenvalue weighted by Gasteiger charge is 2.05. The third-order valence-corrected chi connectivity index (χ3v) is 2.50. The summed E-state index contributed by atoms with van der Waals surface area (Å²) in [5.74, 6) is 0.615. The molecule has 0 bridgehead atoms. The number of benzene rings is 1. The molecule has 4 nitrogen and oxygen atoms in total. The van der Waals surface area contributed by atoms with Crippen LogP contribution in [0.4, 0.5) is 0 Å². The standard InChI is InChI=1S/C12H18ClNO3/c1-9(14)10-2-3-12(11(13)8-10)17-7-6-16-5-4-15/h2-3,8-9,15H,4-7,14H2,1H3/t9-/m1/s1. The Balaban J connectivity index is 2.43. The van der Waals surface area contributed by atoms with Crippen LogP contribution in [0.25, 0.3) is 0 Å². The van der Waals surface area contributed by atoms with Crippen molar-refractivity contribution in [2.45, 2.75) is 13.0 Å². The lowest BCUT2D eigenvalue weighted by molar-refractivity contribution is 0.0705. The number of nitrogens with two attached hydrogens (primary N) is 1. The molecule has 0 unspecified atom stereocenters. The minimum absolute atomic E-state index is 0.0177. The van der Waals surface area contributed by atoms with Crippen LogP contribution in [-0.4, -0.2) is 31.5 Å². The summed E-state index contributed by atoms with van der Waals surface area (Å²) in [5.41, 5.74) is 6.72. The molecule has 0 aliphatic carbocycles. The zero-order valence-electron chi connectivity index (χ0n) is 9.86. The van der Waals surface area contributed by atoms with Gasteiger partial charge in [-0.25, -0.2) is 0 Å². The normalized spacial score (nSPS) is 12.5. The number of halogens is 1. The molecule has 0 spiro atoms. The maximum atomic E-state index is 8.51. The summed E-state index contributed by atoms with van der Waals surface area (Å²) in [6, 6.07) is 5.44. The molecular weight excluding hydrogens is 242 g/mol. The minimum Gasteiger partial charge on any atom is -0.490 e. The first kappa shape index (κ1) is 14.3. The summed E-state index contributed by atoms with van der Waals surface area (Å²) in [6.07, 6.45) is 0. The van der Waals surface area contributed by atoms with E-state index in [2.05, 4.69) is 0 Å². The van der Waals surface area contributed by atoms with E-state index < -0.39 is 0 Å². The first-order valence-corrected chi connectivity index (χ1v) is 5.89. The smallest absolute Gasteiger partial charge is 0.138 e. The van der Waals surface area contributed by atoms with Crippen molar-refractivity contribution < 1.29 is 14.6 Å². The topological polar surface area (TPSA) is 64.7 Å². The number of aliphatic hydroxyl groups excluding tert-OH is 1. The van der Waals surface area contributed by atoms with Crippen LogP contribution in [0.5, 0.6) is 5.75 Å². The van der Waals surface area contributed by atoms with E-state index in [1.807, 2.05) is 13.0 Å². The Kier molecular flexibility index (Phi) is 6.29. The van der Waals surface area contributed by atoms with Crippen molar-refractivity contribution in [3.63, 3.8) is 0 Å². The lowest BCUT2D eigenvalue weighted by Gasteiger charge is -2.11. The summed E-state index contributed by atoms with van der Waals surface area (Å²) in [5, 5.41) is 9.05. The van der Waals surface area contributed by atoms with Gasteiger partial charge in [0.2, 0.25) is 0 Å². The summed E-state index contributed by atoms with van der Waals surface area (Å²) in [6.45, 7) is 3.06. The van der Waals surface area contributed by atoms with Crippen LogP contribution >= 0.6 is 11.6 Å². The van der Waals surface area contributed by atoms with Crippen molar-refractivity contribution in [2.75, 3.05) is 26.4 Å². The van der Waals surface area contributed by atoms with Crippen LogP contribution in [0, 0.1) is 0 Å². The quantitative estimate of drug-likeness (QED) is 0.733. The molecule has 0 aliphatic heterocycles. The molecule has 5 heteroatoms. The van der Waals surface area contributed by atoms with Gasteiger partial charge in [-0.1, -0.05) is 17.7 Å². The van der Waals surface area contributed by atoms with E-state index in [4.69, 9.17) is 31.9 Å². The number of aliphatic hydroxyl groups is 1. The van der Waals surface area contributed by atoms with Gasteiger partial charge in [-0.15, -0.1) is 0 Å². The molecule has 3 N–H and O–H groups in total. The minimum atomic E-state index is -0.0468. The lowest BCUT2D eigenvalue weighted by Crippen LogP contribution is -2.09. The highest BCUT2D eigenvalue weighted by molar-refractivity contribution is 6.32. The molecule has 1 aromatic carbocycles. The van der Waals surface area contributed by atoms with Crippen molar-refractivity contribution in [3.8, 4) is 5.75 Å². The summed E-state index contributed by atoms with van der Waals surface area (Å²) >= 11 is 6.05. The predicted molar refractivity (Wildman–Crippen MR) is 67.5 cm³/mol. The Hall–Kier alpha value is -0.810. The summed E-state index contributed by atoms with van der Waals surface area (Å²) in [7, 11) is 0. The van der Waals surface area contributed by atoms with Crippen LogP contribution in [0.3, 0.4) is 0 Å². The lowest BCUT2D eigenvalue weighted by atomic mass is 10.1. The Morgan fingerprint density at radius 1 is 1.35 bits per heavy atom. The van der Waals surface area contributed by atoms with Gasteiger partial charge < -0.3 is 20.3 Å². The van der Waals surface area contributed by atoms with E-state index >= 15 is 0 Å². The van der Waals surface area contributed by atoms with Crippen molar-refractivity contribution >= 4 is 11.6 Å². The fourth-order valence-electron chi connectivity index (χ4n) is 1.29. The second-order valence-electron chi connectivity index (χ2n) is 3.66. The number of rotatable bonds is 7. The maximum absolute atomic E-state index is 8.51. The van der Waals surface area contributed by atoms with E-state index in [1.165, 1.54) is 0 Å². The van der Waals surface area contributed by atoms with E-state index in [-0.39, 0.29) is 12.6 Å². The van der Waals surface area contributed by atoms with E-state index in [9.17, 15) is 0 Å². The molecule has 96 valence electrons. The second kappa shape index (κ2) is 7.50. The first-order valence-electron chi connectivity index (χ1n) is 5.51. The molecule has 0 saturated heterocycles. The molecule has 0 heterocycles. The van der Waals surface area contributed by atoms with Gasteiger partial charge >= 0.3 is 0 Å². The highest BCUT2D eigenvalue weighted by Crippen LogP contribution is 2.27. The van der Waals surface area contributed by atoms with Gasteiger partial charge in [-0.05, 0) is 24.6 Å². The average Bonchev–Trinajstić information content (AvgIpc) is 2.30. The third-order valence-electron chi connectivity index (χ3n) is 2.20. The molecule has 0 amide bonds. The number of ether oxygens (including phenoxy) is 2. The Bertz CT molecular complexity index is 345. The van der Waals surface area contributed by atoms with Crippen LogP contribution in [-0.2, 0) is 4.74 Å². The zero-order chi connectivity index (χ0) is 12.7. The third kappa shape index (κ3) is 4.91. The second-order valence-corrected chi connectivity index (χ2v) is 4.07. The van der Waals surface area contributed by atoms with Crippen LogP contribution in [0.2, 0.25) is 5.02 Å². The fourth-order valence-corrected chi connectivity index (χ4v) is 1.54. The van der Waals surface area contributed by atoms with Crippen molar-refractivity contribution in [1.82, 2.24) is 0 Å². The molecule has 1 rings (SSSR count). The van der Waals surface area contributed by atoms with Crippen LogP contribution in [0.1, 0.15) is 18.5 Å². The Morgan fingerprint density at radius 2 is 2.12 bits per heavy atom. The van der Waals surface area contributed by atoms with E-state index in [0.29, 0.717) is 30.6 Å². The molecule has 17 heavy (non-hydrogen) atoms. The maximum Gasteiger partial charge on any atom is 0.138 e. The average molecular weight is 260 g/mol. The monoisotopic (exact) mass is 259 g/mol.